The van der Waals surface area contributed by atoms with Gasteiger partial charge in [0.25, 0.3) is 0 Å². The molecule has 1 aromatic rings. The molecule has 0 unspecified atom stereocenters. The van der Waals surface area contributed by atoms with Crippen molar-refractivity contribution in [1.29, 1.82) is 0 Å². The van der Waals surface area contributed by atoms with Crippen molar-refractivity contribution in [2.45, 2.75) is 95.3 Å². The number of hydrogen-bond donors (Lipinski definition) is 0. The van der Waals surface area contributed by atoms with E-state index in [9.17, 15) is 13.2 Å². The molecular weight excluding hydrogens is 385 g/mol. The zero-order valence-electron chi connectivity index (χ0n) is 18.2. The van der Waals surface area contributed by atoms with E-state index in [1.165, 1.54) is 75.2 Å². The third-order valence-corrected chi connectivity index (χ3v) is 12.4. The van der Waals surface area contributed by atoms with Gasteiger partial charge in [-0.3, -0.25) is 0 Å². The molecule has 3 rings (SSSR count). The molecule has 0 amide bonds. The molecule has 1 heterocycles. The fraction of sp³-hybridized carbons (Fsp3) is 0.680. The second-order valence-electron chi connectivity index (χ2n) is 9.91. The third kappa shape index (κ3) is 5.77. The Morgan fingerprint density at radius 3 is 2.28 bits per heavy atom. The molecule has 2 aliphatic rings. The lowest BCUT2D eigenvalue weighted by Gasteiger charge is -2.41. The highest BCUT2D eigenvalue weighted by molar-refractivity contribution is 6.78. The molecule has 29 heavy (non-hydrogen) atoms. The van der Waals surface area contributed by atoms with Crippen LogP contribution in [0.5, 0.6) is 0 Å². The molecule has 0 radical (unpaired) electrons. The Kier molecular flexibility index (Phi) is 8.06. The van der Waals surface area contributed by atoms with Gasteiger partial charge in [0.15, 0.2) is 5.83 Å². The Balaban J connectivity index is 1.49. The average molecular weight is 423 g/mol. The van der Waals surface area contributed by atoms with Crippen LogP contribution < -0.4 is 0 Å². The summed E-state index contributed by atoms with van der Waals surface area (Å²) in [6.45, 7) is 4.92. The maximum absolute atomic E-state index is 14.2. The van der Waals surface area contributed by atoms with Crippen LogP contribution in [-0.4, -0.2) is 8.07 Å². The lowest BCUT2D eigenvalue weighted by atomic mass is 9.72. The second kappa shape index (κ2) is 10.3. The SMILES string of the molecule is CCCCC[Si]1(C)CCC(C2CCC(c3ccc(C(F)=CF)c(F)c3)CC2)CC1. The van der Waals surface area contributed by atoms with E-state index < -0.39 is 19.7 Å². The van der Waals surface area contributed by atoms with Crippen LogP contribution in [0.3, 0.4) is 0 Å². The first-order chi connectivity index (χ1) is 14.0. The predicted octanol–water partition coefficient (Wildman–Crippen LogP) is 9.02. The molecule has 0 aromatic heterocycles. The zero-order chi connectivity index (χ0) is 20.9. The van der Waals surface area contributed by atoms with Crippen LogP contribution in [-0.2, 0) is 0 Å². The van der Waals surface area contributed by atoms with E-state index in [4.69, 9.17) is 0 Å². The summed E-state index contributed by atoms with van der Waals surface area (Å²) in [6, 6.07) is 9.13. The van der Waals surface area contributed by atoms with Gasteiger partial charge in [-0.2, -0.15) is 0 Å². The summed E-state index contributed by atoms with van der Waals surface area (Å²) in [4.78, 5) is 0. The maximum atomic E-state index is 14.2. The van der Waals surface area contributed by atoms with Gasteiger partial charge < -0.3 is 0 Å². The maximum Gasteiger partial charge on any atom is 0.161 e. The highest BCUT2D eigenvalue weighted by Gasteiger charge is 2.36. The molecule has 2 fully saturated rings. The van der Waals surface area contributed by atoms with E-state index in [-0.39, 0.29) is 11.9 Å². The van der Waals surface area contributed by atoms with Crippen molar-refractivity contribution in [2.75, 3.05) is 0 Å². The molecule has 0 nitrogen and oxygen atoms in total. The first kappa shape index (κ1) is 22.6. The van der Waals surface area contributed by atoms with Crippen molar-refractivity contribution < 1.29 is 13.2 Å². The summed E-state index contributed by atoms with van der Waals surface area (Å²) >= 11 is 0. The highest BCUT2D eigenvalue weighted by Crippen LogP contribution is 2.46. The topological polar surface area (TPSA) is 0 Å². The van der Waals surface area contributed by atoms with E-state index >= 15 is 0 Å². The molecule has 1 aromatic carbocycles. The number of hydrogen-bond acceptors (Lipinski definition) is 0. The Labute approximate surface area is 176 Å². The molecule has 1 saturated heterocycles. The van der Waals surface area contributed by atoms with Crippen LogP contribution >= 0.6 is 0 Å². The first-order valence-corrected chi connectivity index (χ1v) is 14.8. The summed E-state index contributed by atoms with van der Waals surface area (Å²) in [5.41, 5.74) is 0.661. The largest absolute Gasteiger partial charge is 0.212 e. The fourth-order valence-electron chi connectivity index (χ4n) is 5.82. The molecule has 0 spiro atoms. The molecule has 0 N–H and O–H groups in total. The minimum absolute atomic E-state index is 0.175. The highest BCUT2D eigenvalue weighted by atomic mass is 28.3. The Bertz CT molecular complexity index is 683. The van der Waals surface area contributed by atoms with Crippen molar-refractivity contribution in [1.82, 2.24) is 0 Å². The summed E-state index contributed by atoms with van der Waals surface area (Å²) in [5.74, 6) is 0.280. The van der Waals surface area contributed by atoms with Gasteiger partial charge in [0.2, 0.25) is 0 Å². The van der Waals surface area contributed by atoms with Crippen molar-refractivity contribution in [3.05, 3.63) is 41.5 Å². The molecule has 1 saturated carbocycles. The second-order valence-corrected chi connectivity index (χ2v) is 15.0. The fourth-order valence-corrected chi connectivity index (χ4v) is 9.81. The van der Waals surface area contributed by atoms with Crippen LogP contribution in [0.25, 0.3) is 5.83 Å². The molecule has 4 heteroatoms. The van der Waals surface area contributed by atoms with E-state index in [0.29, 0.717) is 5.92 Å². The van der Waals surface area contributed by atoms with E-state index in [1.807, 2.05) is 0 Å². The average Bonchev–Trinajstić information content (AvgIpc) is 2.74. The molecule has 162 valence electrons. The zero-order valence-corrected chi connectivity index (χ0v) is 19.2. The molecular formula is C25H37F3Si. The van der Waals surface area contributed by atoms with E-state index in [1.54, 1.807) is 6.07 Å². The van der Waals surface area contributed by atoms with Crippen LogP contribution in [0.1, 0.15) is 81.8 Å². The van der Waals surface area contributed by atoms with Crippen molar-refractivity contribution in [3.8, 4) is 0 Å². The third-order valence-electron chi connectivity index (χ3n) is 7.88. The minimum Gasteiger partial charge on any atom is -0.212 e. The summed E-state index contributed by atoms with van der Waals surface area (Å²) in [6.07, 6.45) is 11.5. The minimum atomic E-state index is -1.14. The van der Waals surface area contributed by atoms with Gasteiger partial charge in [-0.1, -0.05) is 69.8 Å². The van der Waals surface area contributed by atoms with Crippen LogP contribution in [0, 0.1) is 17.7 Å². The van der Waals surface area contributed by atoms with Gasteiger partial charge in [0, 0.05) is 5.56 Å². The van der Waals surface area contributed by atoms with Gasteiger partial charge in [-0.25, -0.2) is 13.2 Å². The molecule has 0 bridgehead atoms. The number of rotatable bonds is 7. The first-order valence-electron chi connectivity index (χ1n) is 11.7. The van der Waals surface area contributed by atoms with Gasteiger partial charge in [0.05, 0.1) is 8.07 Å². The molecule has 1 aliphatic heterocycles. The van der Waals surface area contributed by atoms with Crippen LogP contribution in [0.2, 0.25) is 24.7 Å². The van der Waals surface area contributed by atoms with E-state index in [0.717, 1.165) is 30.2 Å². The molecule has 0 atom stereocenters. The van der Waals surface area contributed by atoms with Crippen molar-refractivity contribution in [3.63, 3.8) is 0 Å². The predicted molar refractivity (Wildman–Crippen MR) is 120 cm³/mol. The summed E-state index contributed by atoms with van der Waals surface area (Å²) in [5, 5.41) is 0. The van der Waals surface area contributed by atoms with Crippen molar-refractivity contribution >= 4 is 13.9 Å². The van der Waals surface area contributed by atoms with Gasteiger partial charge >= 0.3 is 0 Å². The Hall–Kier alpha value is -1.03. The van der Waals surface area contributed by atoms with Gasteiger partial charge in [0.1, 0.15) is 12.1 Å². The lowest BCUT2D eigenvalue weighted by Crippen LogP contribution is -2.37. The number of benzene rings is 1. The lowest BCUT2D eigenvalue weighted by molar-refractivity contribution is 0.215. The van der Waals surface area contributed by atoms with Crippen molar-refractivity contribution in [2.24, 2.45) is 11.8 Å². The van der Waals surface area contributed by atoms with E-state index in [2.05, 4.69) is 13.5 Å². The number of unbranched alkanes of at least 4 members (excludes halogenated alkanes) is 2. The summed E-state index contributed by atoms with van der Waals surface area (Å²) < 4.78 is 39.8. The standard InChI is InChI=1S/C25H37F3Si/c1-3-4-5-14-29(2)15-12-21(13-16-29)19-6-8-20(9-7-19)22-10-11-23(24(27)17-22)25(28)18-26/h10-11,17-21H,3-9,12-16H2,1-2H3. The number of halogens is 3. The monoisotopic (exact) mass is 422 g/mol. The van der Waals surface area contributed by atoms with Gasteiger partial charge in [-0.15, -0.1) is 0 Å². The Morgan fingerprint density at radius 2 is 1.69 bits per heavy atom. The summed E-state index contributed by atoms with van der Waals surface area (Å²) in [7, 11) is -0.973. The Morgan fingerprint density at radius 1 is 1.03 bits per heavy atom. The van der Waals surface area contributed by atoms with Crippen LogP contribution in [0.4, 0.5) is 13.2 Å². The molecule has 1 aliphatic carbocycles. The quantitative estimate of drug-likeness (QED) is 0.304. The smallest absolute Gasteiger partial charge is 0.161 e. The normalized spacial score (nSPS) is 31.1. The van der Waals surface area contributed by atoms with Gasteiger partial charge in [-0.05, 0) is 61.1 Å². The van der Waals surface area contributed by atoms with Crippen LogP contribution in [0.15, 0.2) is 24.5 Å².